The van der Waals surface area contributed by atoms with Crippen LogP contribution < -0.4 is 5.32 Å². The molecule has 0 radical (unpaired) electrons. The van der Waals surface area contributed by atoms with E-state index in [4.69, 9.17) is 0 Å². The molecule has 0 aliphatic carbocycles. The Balaban J connectivity index is 2.63. The maximum absolute atomic E-state index is 12.5. The zero-order chi connectivity index (χ0) is 14.6. The monoisotopic (exact) mass is 269 g/mol. The molecule has 1 fully saturated rings. The van der Waals surface area contributed by atoms with Crippen LogP contribution in [0.3, 0.4) is 0 Å². The van der Waals surface area contributed by atoms with E-state index in [-0.39, 0.29) is 17.9 Å². The molecule has 0 bridgehead atoms. The molecule has 2 atom stereocenters. The number of nitrogens with zero attached hydrogens (tertiary/aromatic N) is 2. The Morgan fingerprint density at radius 2 is 1.95 bits per heavy atom. The molecule has 0 aromatic heterocycles. The highest BCUT2D eigenvalue weighted by molar-refractivity contribution is 5.99. The Morgan fingerprint density at radius 3 is 2.47 bits per heavy atom. The Morgan fingerprint density at radius 1 is 1.32 bits per heavy atom. The van der Waals surface area contributed by atoms with Crippen molar-refractivity contribution >= 4 is 11.8 Å². The van der Waals surface area contributed by atoms with Crippen molar-refractivity contribution in [3.8, 4) is 0 Å². The van der Waals surface area contributed by atoms with Gasteiger partial charge in [0, 0.05) is 6.54 Å². The molecule has 1 heterocycles. The van der Waals surface area contributed by atoms with Gasteiger partial charge in [-0.15, -0.1) is 0 Å². The Bertz CT molecular complexity index is 344. The zero-order valence-corrected chi connectivity index (χ0v) is 12.8. The predicted octanol–water partition coefficient (Wildman–Crippen LogP) is 0.844. The molecule has 2 amide bonds. The first-order valence-corrected chi connectivity index (χ1v) is 7.09. The lowest BCUT2D eigenvalue weighted by molar-refractivity contribution is -0.153. The van der Waals surface area contributed by atoms with Gasteiger partial charge >= 0.3 is 0 Å². The Labute approximate surface area is 116 Å². The molecule has 0 spiro atoms. The van der Waals surface area contributed by atoms with E-state index in [1.54, 1.807) is 11.8 Å². The Kier molecular flexibility index (Phi) is 5.35. The summed E-state index contributed by atoms with van der Waals surface area (Å²) in [6.07, 6.45) is 2.59. The van der Waals surface area contributed by atoms with Crippen molar-refractivity contribution in [1.29, 1.82) is 0 Å². The van der Waals surface area contributed by atoms with E-state index < -0.39 is 5.54 Å². The van der Waals surface area contributed by atoms with E-state index in [2.05, 4.69) is 10.2 Å². The topological polar surface area (TPSA) is 52.7 Å². The summed E-state index contributed by atoms with van der Waals surface area (Å²) in [5.74, 6) is 0.00325. The fraction of sp³-hybridized carbons (Fsp3) is 0.857. The predicted molar refractivity (Wildman–Crippen MR) is 75.8 cm³/mol. The summed E-state index contributed by atoms with van der Waals surface area (Å²) in [5, 5.41) is 2.84. The van der Waals surface area contributed by atoms with E-state index in [0.29, 0.717) is 13.0 Å². The number of hydrogen-bond acceptors (Lipinski definition) is 3. The van der Waals surface area contributed by atoms with Crippen LogP contribution in [0.25, 0.3) is 0 Å². The second kappa shape index (κ2) is 6.37. The second-order valence-corrected chi connectivity index (χ2v) is 5.86. The zero-order valence-electron chi connectivity index (χ0n) is 12.8. The van der Waals surface area contributed by atoms with Gasteiger partial charge in [-0.25, -0.2) is 0 Å². The third kappa shape index (κ3) is 3.69. The van der Waals surface area contributed by atoms with Crippen molar-refractivity contribution in [2.75, 3.05) is 27.2 Å². The fourth-order valence-corrected chi connectivity index (χ4v) is 2.31. The molecule has 1 aliphatic heterocycles. The van der Waals surface area contributed by atoms with Gasteiger partial charge in [-0.2, -0.15) is 0 Å². The molecule has 1 aliphatic rings. The standard InChI is InChI=1S/C14H27N3O2/c1-6-14(3)13(19)17(11(2)12(18)15-14)10-8-7-9-16(4)5/h11H,6-10H2,1-5H3,(H,15,18). The third-order valence-corrected chi connectivity index (χ3v) is 3.94. The van der Waals surface area contributed by atoms with Gasteiger partial charge in [-0.3, -0.25) is 9.59 Å². The molecular formula is C14H27N3O2. The van der Waals surface area contributed by atoms with Gasteiger partial charge in [0.1, 0.15) is 11.6 Å². The summed E-state index contributed by atoms with van der Waals surface area (Å²) < 4.78 is 0. The second-order valence-electron chi connectivity index (χ2n) is 5.86. The molecule has 0 saturated carbocycles. The first-order valence-electron chi connectivity index (χ1n) is 7.09. The van der Waals surface area contributed by atoms with Crippen LogP contribution in [0.5, 0.6) is 0 Å². The van der Waals surface area contributed by atoms with Gasteiger partial charge in [0.25, 0.3) is 0 Å². The number of unbranched alkanes of at least 4 members (excludes halogenated alkanes) is 1. The van der Waals surface area contributed by atoms with Crippen LogP contribution >= 0.6 is 0 Å². The minimum Gasteiger partial charge on any atom is -0.340 e. The molecule has 1 N–H and O–H groups in total. The first kappa shape index (κ1) is 16.0. The van der Waals surface area contributed by atoms with Gasteiger partial charge in [-0.05, 0) is 53.8 Å². The normalized spacial score (nSPS) is 27.9. The van der Waals surface area contributed by atoms with Crippen LogP contribution in [0, 0.1) is 0 Å². The highest BCUT2D eigenvalue weighted by Gasteiger charge is 2.44. The maximum Gasteiger partial charge on any atom is 0.248 e. The van der Waals surface area contributed by atoms with E-state index in [9.17, 15) is 9.59 Å². The van der Waals surface area contributed by atoms with Gasteiger partial charge in [0.05, 0.1) is 0 Å². The van der Waals surface area contributed by atoms with Crippen molar-refractivity contribution in [1.82, 2.24) is 15.1 Å². The lowest BCUT2D eigenvalue weighted by Crippen LogP contribution is -2.68. The minimum atomic E-state index is -0.731. The summed E-state index contributed by atoms with van der Waals surface area (Å²) in [4.78, 5) is 28.3. The number of carbonyl (C=O) groups excluding carboxylic acids is 2. The van der Waals surface area contributed by atoms with Crippen molar-refractivity contribution in [2.24, 2.45) is 0 Å². The SMILES string of the molecule is CCC1(C)NC(=O)C(C)N(CCCCN(C)C)C1=O. The molecule has 2 unspecified atom stereocenters. The molecule has 19 heavy (non-hydrogen) atoms. The smallest absolute Gasteiger partial charge is 0.248 e. The number of piperazine rings is 1. The van der Waals surface area contributed by atoms with Gasteiger partial charge < -0.3 is 15.1 Å². The molecule has 0 aromatic rings. The molecule has 1 rings (SSSR count). The number of amides is 2. The van der Waals surface area contributed by atoms with Crippen LogP contribution in [-0.4, -0.2) is 60.4 Å². The number of rotatable bonds is 6. The lowest BCUT2D eigenvalue weighted by atomic mass is 9.92. The number of nitrogens with one attached hydrogen (secondary N) is 1. The molecule has 0 aromatic carbocycles. The summed E-state index contributed by atoms with van der Waals surface area (Å²) in [6, 6.07) is -0.355. The van der Waals surface area contributed by atoms with Gasteiger partial charge in [-0.1, -0.05) is 6.92 Å². The van der Waals surface area contributed by atoms with Crippen molar-refractivity contribution in [3.05, 3.63) is 0 Å². The molecule has 110 valence electrons. The fourth-order valence-electron chi connectivity index (χ4n) is 2.31. The van der Waals surface area contributed by atoms with Crippen LogP contribution in [0.1, 0.15) is 40.0 Å². The average molecular weight is 269 g/mol. The molecule has 1 saturated heterocycles. The molecular weight excluding hydrogens is 242 g/mol. The van der Waals surface area contributed by atoms with Gasteiger partial charge in [0.15, 0.2) is 0 Å². The van der Waals surface area contributed by atoms with E-state index in [1.165, 1.54) is 0 Å². The van der Waals surface area contributed by atoms with Crippen LogP contribution in [-0.2, 0) is 9.59 Å². The van der Waals surface area contributed by atoms with E-state index in [1.807, 2.05) is 27.9 Å². The summed E-state index contributed by atoms with van der Waals surface area (Å²) in [7, 11) is 4.08. The summed E-state index contributed by atoms with van der Waals surface area (Å²) >= 11 is 0. The van der Waals surface area contributed by atoms with Crippen LogP contribution in [0.2, 0.25) is 0 Å². The van der Waals surface area contributed by atoms with Gasteiger partial charge in [0.2, 0.25) is 11.8 Å². The molecule has 5 nitrogen and oxygen atoms in total. The van der Waals surface area contributed by atoms with Crippen LogP contribution in [0.15, 0.2) is 0 Å². The number of carbonyl (C=O) groups is 2. The summed E-state index contributed by atoms with van der Waals surface area (Å²) in [5.41, 5.74) is -0.731. The average Bonchev–Trinajstić information content (AvgIpc) is 2.35. The van der Waals surface area contributed by atoms with Crippen molar-refractivity contribution in [3.63, 3.8) is 0 Å². The Hall–Kier alpha value is -1.10. The number of hydrogen-bond donors (Lipinski definition) is 1. The minimum absolute atomic E-state index is 0.0449. The summed E-state index contributed by atoms with van der Waals surface area (Å²) in [6.45, 7) is 7.21. The maximum atomic E-state index is 12.5. The highest BCUT2D eigenvalue weighted by Crippen LogP contribution is 2.21. The van der Waals surface area contributed by atoms with E-state index >= 15 is 0 Å². The highest BCUT2D eigenvalue weighted by atomic mass is 16.2. The van der Waals surface area contributed by atoms with E-state index in [0.717, 1.165) is 19.4 Å². The largest absolute Gasteiger partial charge is 0.340 e. The molecule has 5 heteroatoms. The first-order chi connectivity index (χ1) is 8.81. The van der Waals surface area contributed by atoms with Crippen LogP contribution in [0.4, 0.5) is 0 Å². The van der Waals surface area contributed by atoms with Crippen molar-refractivity contribution < 1.29 is 9.59 Å². The third-order valence-electron chi connectivity index (χ3n) is 3.94. The van der Waals surface area contributed by atoms with Crippen molar-refractivity contribution in [2.45, 2.75) is 51.6 Å². The lowest BCUT2D eigenvalue weighted by Gasteiger charge is -2.43. The quantitative estimate of drug-likeness (QED) is 0.727.